The first-order valence-electron chi connectivity index (χ1n) is 4.76. The third-order valence-corrected chi connectivity index (χ3v) is 2.40. The summed E-state index contributed by atoms with van der Waals surface area (Å²) in [4.78, 5) is 25.4. The zero-order chi connectivity index (χ0) is 10.6. The van der Waals surface area contributed by atoms with E-state index in [1.54, 1.807) is 4.90 Å². The third kappa shape index (κ3) is 3.33. The summed E-state index contributed by atoms with van der Waals surface area (Å²) < 4.78 is 0. The first-order valence-corrected chi connectivity index (χ1v) is 4.76. The highest BCUT2D eigenvalue weighted by atomic mass is 16.4. The molecule has 0 spiro atoms. The van der Waals surface area contributed by atoms with E-state index in [1.807, 2.05) is 7.05 Å². The van der Waals surface area contributed by atoms with E-state index < -0.39 is 5.97 Å². The van der Waals surface area contributed by atoms with Gasteiger partial charge in [-0.1, -0.05) is 0 Å². The predicted molar refractivity (Wildman–Crippen MR) is 48.3 cm³/mol. The van der Waals surface area contributed by atoms with Gasteiger partial charge in [0, 0.05) is 38.6 Å². The van der Waals surface area contributed by atoms with E-state index in [0.29, 0.717) is 13.1 Å². The van der Waals surface area contributed by atoms with Crippen molar-refractivity contribution in [3.8, 4) is 0 Å². The van der Waals surface area contributed by atoms with E-state index in [9.17, 15) is 14.7 Å². The topological polar surface area (TPSA) is 63.7 Å². The van der Waals surface area contributed by atoms with Crippen LogP contribution < -0.4 is 5.11 Å². The van der Waals surface area contributed by atoms with Crippen LogP contribution in [0.3, 0.4) is 0 Å². The molecule has 1 aliphatic heterocycles. The van der Waals surface area contributed by atoms with Crippen molar-refractivity contribution in [2.45, 2.75) is 12.8 Å². The summed E-state index contributed by atoms with van der Waals surface area (Å²) >= 11 is 0. The van der Waals surface area contributed by atoms with Crippen LogP contribution in [0.1, 0.15) is 12.8 Å². The van der Waals surface area contributed by atoms with Gasteiger partial charge in [0.05, 0.1) is 0 Å². The lowest BCUT2D eigenvalue weighted by atomic mass is 10.2. The molecule has 0 aromatic carbocycles. The Morgan fingerprint density at radius 2 is 1.71 bits per heavy atom. The highest BCUT2D eigenvalue weighted by Gasteiger charge is 2.18. The Hall–Kier alpha value is -1.10. The smallest absolute Gasteiger partial charge is 0.223 e. The maximum atomic E-state index is 11.4. The lowest BCUT2D eigenvalue weighted by Crippen LogP contribution is -2.47. The van der Waals surface area contributed by atoms with Crippen LogP contribution >= 0.6 is 0 Å². The molecule has 0 unspecified atom stereocenters. The minimum Gasteiger partial charge on any atom is -0.550 e. The van der Waals surface area contributed by atoms with Gasteiger partial charge in [-0.3, -0.25) is 4.79 Å². The van der Waals surface area contributed by atoms with Crippen molar-refractivity contribution >= 4 is 11.9 Å². The molecule has 0 radical (unpaired) electrons. The largest absolute Gasteiger partial charge is 0.550 e. The molecule has 0 atom stereocenters. The second-order valence-corrected chi connectivity index (χ2v) is 3.56. The number of aliphatic carboxylic acids is 1. The highest BCUT2D eigenvalue weighted by Crippen LogP contribution is 2.02. The lowest BCUT2D eigenvalue weighted by molar-refractivity contribution is -0.305. The standard InChI is InChI=1S/C9H16N2O3/c1-10-4-6-11(7-5-10)8(12)2-3-9(13)14/h2-7H2,1H3,(H,13,14)/p-1. The summed E-state index contributed by atoms with van der Waals surface area (Å²) in [5.74, 6) is -1.24. The van der Waals surface area contributed by atoms with E-state index >= 15 is 0 Å². The number of nitrogens with zero attached hydrogens (tertiary/aromatic N) is 2. The fraction of sp³-hybridized carbons (Fsp3) is 0.778. The lowest BCUT2D eigenvalue weighted by Gasteiger charge is -2.32. The van der Waals surface area contributed by atoms with Crippen LogP contribution in [0, 0.1) is 0 Å². The average Bonchev–Trinajstić information content (AvgIpc) is 2.15. The molecule has 5 nitrogen and oxygen atoms in total. The quantitative estimate of drug-likeness (QED) is 0.543. The molecule has 1 saturated heterocycles. The van der Waals surface area contributed by atoms with E-state index in [2.05, 4.69) is 4.90 Å². The monoisotopic (exact) mass is 199 g/mol. The van der Waals surface area contributed by atoms with Gasteiger partial charge in [0.1, 0.15) is 0 Å². The van der Waals surface area contributed by atoms with Gasteiger partial charge in [-0.15, -0.1) is 0 Å². The number of likely N-dealkylation sites (N-methyl/N-ethyl adjacent to an activating group) is 1. The van der Waals surface area contributed by atoms with Crippen LogP contribution in [-0.2, 0) is 9.59 Å². The van der Waals surface area contributed by atoms with Crippen LogP contribution in [0.5, 0.6) is 0 Å². The zero-order valence-electron chi connectivity index (χ0n) is 8.36. The molecule has 14 heavy (non-hydrogen) atoms. The minimum absolute atomic E-state index is 0.0616. The minimum atomic E-state index is -1.16. The normalized spacial score (nSPS) is 18.2. The summed E-state index contributed by atoms with van der Waals surface area (Å²) in [5.41, 5.74) is 0. The Morgan fingerprint density at radius 3 is 2.21 bits per heavy atom. The summed E-state index contributed by atoms with van der Waals surface area (Å²) in [6, 6.07) is 0. The average molecular weight is 199 g/mol. The molecule has 1 amide bonds. The van der Waals surface area contributed by atoms with Crippen molar-refractivity contribution in [1.29, 1.82) is 0 Å². The molecule has 0 aromatic heterocycles. The zero-order valence-corrected chi connectivity index (χ0v) is 8.36. The summed E-state index contributed by atoms with van der Waals surface area (Å²) in [5, 5.41) is 10.1. The number of carbonyl (C=O) groups excluding carboxylic acids is 2. The molecule has 0 bridgehead atoms. The highest BCUT2D eigenvalue weighted by molar-refractivity contribution is 5.80. The first kappa shape index (κ1) is 11.0. The number of hydrogen-bond donors (Lipinski definition) is 0. The molecular formula is C9H15N2O3-. The summed E-state index contributed by atoms with van der Waals surface area (Å²) in [7, 11) is 2.00. The van der Waals surface area contributed by atoms with Gasteiger partial charge >= 0.3 is 0 Å². The van der Waals surface area contributed by atoms with Crippen LogP contribution in [0.25, 0.3) is 0 Å². The van der Waals surface area contributed by atoms with Crippen molar-refractivity contribution in [1.82, 2.24) is 9.80 Å². The Morgan fingerprint density at radius 1 is 1.14 bits per heavy atom. The van der Waals surface area contributed by atoms with Crippen molar-refractivity contribution in [2.75, 3.05) is 33.2 Å². The van der Waals surface area contributed by atoms with Crippen LogP contribution in [0.4, 0.5) is 0 Å². The van der Waals surface area contributed by atoms with E-state index in [0.717, 1.165) is 13.1 Å². The van der Waals surface area contributed by atoms with Crippen molar-refractivity contribution in [2.24, 2.45) is 0 Å². The fourth-order valence-electron chi connectivity index (χ4n) is 1.42. The number of amides is 1. The second-order valence-electron chi connectivity index (χ2n) is 3.56. The number of carbonyl (C=O) groups is 2. The third-order valence-electron chi connectivity index (χ3n) is 2.40. The molecule has 0 aromatic rings. The molecule has 5 heteroatoms. The molecule has 1 heterocycles. The molecular weight excluding hydrogens is 184 g/mol. The van der Waals surface area contributed by atoms with Crippen molar-refractivity contribution in [3.05, 3.63) is 0 Å². The number of hydrogen-bond acceptors (Lipinski definition) is 4. The van der Waals surface area contributed by atoms with Gasteiger partial charge in [-0.05, 0) is 13.5 Å². The summed E-state index contributed by atoms with van der Waals surface area (Å²) in [6.07, 6.45) is -0.114. The molecule has 80 valence electrons. The Bertz CT molecular complexity index is 222. The van der Waals surface area contributed by atoms with Gasteiger partial charge in [0.2, 0.25) is 5.91 Å². The van der Waals surface area contributed by atoms with Gasteiger partial charge < -0.3 is 19.7 Å². The molecule has 0 saturated carbocycles. The second kappa shape index (κ2) is 4.95. The Labute approximate surface area is 83.3 Å². The van der Waals surface area contributed by atoms with Gasteiger partial charge in [0.15, 0.2) is 0 Å². The van der Waals surface area contributed by atoms with Gasteiger partial charge in [0.25, 0.3) is 0 Å². The van der Waals surface area contributed by atoms with Crippen LogP contribution in [0.15, 0.2) is 0 Å². The van der Waals surface area contributed by atoms with E-state index in [4.69, 9.17) is 0 Å². The fourth-order valence-corrected chi connectivity index (χ4v) is 1.42. The maximum absolute atomic E-state index is 11.4. The van der Waals surface area contributed by atoms with Gasteiger partial charge in [-0.25, -0.2) is 0 Å². The first-order chi connectivity index (χ1) is 6.59. The van der Waals surface area contributed by atoms with Crippen molar-refractivity contribution in [3.63, 3.8) is 0 Å². The number of piperazine rings is 1. The molecule has 0 aliphatic carbocycles. The van der Waals surface area contributed by atoms with Crippen molar-refractivity contribution < 1.29 is 14.7 Å². The van der Waals surface area contributed by atoms with Crippen LogP contribution in [0.2, 0.25) is 0 Å². The predicted octanol–water partition coefficient (Wildman–Crippen LogP) is -1.71. The van der Waals surface area contributed by atoms with E-state index in [1.165, 1.54) is 0 Å². The molecule has 1 aliphatic rings. The number of rotatable bonds is 3. The maximum Gasteiger partial charge on any atom is 0.223 e. The number of carboxylic acids is 1. The summed E-state index contributed by atoms with van der Waals surface area (Å²) in [6.45, 7) is 3.11. The molecule has 0 N–H and O–H groups in total. The van der Waals surface area contributed by atoms with Crippen LogP contribution in [-0.4, -0.2) is 54.9 Å². The Kier molecular flexibility index (Phi) is 3.88. The molecule has 1 rings (SSSR count). The SMILES string of the molecule is CN1CCN(C(=O)CCC(=O)[O-])CC1. The van der Waals surface area contributed by atoms with Gasteiger partial charge in [-0.2, -0.15) is 0 Å². The Balaban J connectivity index is 2.27. The molecule has 1 fully saturated rings. The van der Waals surface area contributed by atoms with E-state index in [-0.39, 0.29) is 18.7 Å². The number of carboxylic acid groups (broad SMARTS) is 1.